The van der Waals surface area contributed by atoms with E-state index in [0.717, 1.165) is 25.9 Å². The van der Waals surface area contributed by atoms with Crippen molar-refractivity contribution in [3.05, 3.63) is 0 Å². The molecule has 0 saturated carbocycles. The lowest BCUT2D eigenvalue weighted by molar-refractivity contribution is 0.0986. The molecule has 1 N–H and O–H groups in total. The summed E-state index contributed by atoms with van der Waals surface area (Å²) in [5, 5.41) is 2.32. The number of hydrogen-bond donors (Lipinski definition) is 1. The number of nitrogens with zero attached hydrogens (tertiary/aromatic N) is 1. The Morgan fingerprint density at radius 3 is 2.21 bits per heavy atom. The molecular formula is C10H19ClN2O. The number of carbonyl (C=O) groups is 1. The van der Waals surface area contributed by atoms with Crippen LogP contribution in [0.4, 0.5) is 4.79 Å². The first-order chi connectivity index (χ1) is 6.39. The predicted octanol–water partition coefficient (Wildman–Crippen LogP) is 2.20. The molecule has 4 heteroatoms. The van der Waals surface area contributed by atoms with Crippen molar-refractivity contribution in [1.82, 2.24) is 10.2 Å². The van der Waals surface area contributed by atoms with Crippen LogP contribution in [0.3, 0.4) is 0 Å². The Morgan fingerprint density at radius 1 is 1.36 bits per heavy atom. The molecule has 14 heavy (non-hydrogen) atoms. The van der Waals surface area contributed by atoms with Crippen LogP contribution in [0, 0.1) is 0 Å². The fourth-order valence-corrected chi connectivity index (χ4v) is 2.01. The fraction of sp³-hybridized carbons (Fsp3) is 0.900. The van der Waals surface area contributed by atoms with Gasteiger partial charge in [-0.3, -0.25) is 9.69 Å². The summed E-state index contributed by atoms with van der Waals surface area (Å²) < 4.78 is 0. The van der Waals surface area contributed by atoms with Crippen molar-refractivity contribution in [2.45, 2.75) is 45.2 Å². The van der Waals surface area contributed by atoms with E-state index in [0.29, 0.717) is 0 Å². The molecule has 1 saturated heterocycles. The minimum absolute atomic E-state index is 0.232. The van der Waals surface area contributed by atoms with Crippen LogP contribution in [0.1, 0.15) is 33.6 Å². The summed E-state index contributed by atoms with van der Waals surface area (Å²) in [4.78, 5) is 13.1. The van der Waals surface area contributed by atoms with Crippen molar-refractivity contribution in [3.8, 4) is 0 Å². The zero-order valence-electron chi connectivity index (χ0n) is 9.14. The second-order valence-electron chi connectivity index (χ2n) is 4.85. The highest BCUT2D eigenvalue weighted by Gasteiger charge is 2.27. The molecule has 1 aliphatic heterocycles. The third kappa shape index (κ3) is 3.46. The molecule has 0 radical (unpaired) electrons. The highest BCUT2D eigenvalue weighted by molar-refractivity contribution is 6.62. The standard InChI is InChI=1S/C10H19ClN2O/c1-10(2,3)13-6-4-8(5-7-13)12-9(11)14/h8H,4-7H2,1-3H3,(H,12,14). The first-order valence-electron chi connectivity index (χ1n) is 5.10. The van der Waals surface area contributed by atoms with Gasteiger partial charge in [0.2, 0.25) is 0 Å². The van der Waals surface area contributed by atoms with E-state index in [1.165, 1.54) is 0 Å². The maximum absolute atomic E-state index is 10.6. The molecule has 0 aromatic rings. The molecule has 1 amide bonds. The van der Waals surface area contributed by atoms with Gasteiger partial charge in [-0.25, -0.2) is 0 Å². The fourth-order valence-electron chi connectivity index (χ4n) is 1.86. The second kappa shape index (κ2) is 4.49. The van der Waals surface area contributed by atoms with Crippen molar-refractivity contribution < 1.29 is 4.79 Å². The maximum atomic E-state index is 10.6. The van der Waals surface area contributed by atoms with Gasteiger partial charge in [-0.2, -0.15) is 0 Å². The van der Waals surface area contributed by atoms with Crippen LogP contribution in [0.15, 0.2) is 0 Å². The average Bonchev–Trinajstić information content (AvgIpc) is 2.02. The Hall–Kier alpha value is -0.280. The van der Waals surface area contributed by atoms with E-state index >= 15 is 0 Å². The van der Waals surface area contributed by atoms with Crippen LogP contribution in [-0.4, -0.2) is 34.9 Å². The van der Waals surface area contributed by atoms with Gasteiger partial charge in [-0.15, -0.1) is 0 Å². The Kier molecular flexibility index (Phi) is 3.78. The number of amides is 1. The second-order valence-corrected chi connectivity index (χ2v) is 5.19. The zero-order chi connectivity index (χ0) is 10.8. The average molecular weight is 219 g/mol. The van der Waals surface area contributed by atoms with E-state index < -0.39 is 5.37 Å². The van der Waals surface area contributed by atoms with E-state index in [1.54, 1.807) is 0 Å². The van der Waals surface area contributed by atoms with Gasteiger partial charge in [0.25, 0.3) is 0 Å². The Balaban J connectivity index is 2.35. The largest absolute Gasteiger partial charge is 0.340 e. The lowest BCUT2D eigenvalue weighted by atomic mass is 9.98. The molecular weight excluding hydrogens is 200 g/mol. The van der Waals surface area contributed by atoms with E-state index in [9.17, 15) is 4.79 Å². The topological polar surface area (TPSA) is 32.3 Å². The molecule has 0 aromatic carbocycles. The SMILES string of the molecule is CC(C)(C)N1CCC(NC(=O)Cl)CC1. The summed E-state index contributed by atoms with van der Waals surface area (Å²) in [6, 6.07) is 0.263. The molecule has 0 atom stereocenters. The normalized spacial score (nSPS) is 20.9. The highest BCUT2D eigenvalue weighted by Crippen LogP contribution is 2.20. The van der Waals surface area contributed by atoms with Gasteiger partial charge < -0.3 is 5.32 Å². The Bertz CT molecular complexity index is 205. The zero-order valence-corrected chi connectivity index (χ0v) is 9.90. The van der Waals surface area contributed by atoms with Gasteiger partial charge in [0.05, 0.1) is 0 Å². The molecule has 0 spiro atoms. The van der Waals surface area contributed by atoms with Gasteiger partial charge in [-0.05, 0) is 45.2 Å². The number of carbonyl (C=O) groups excluding carboxylic acids is 1. The van der Waals surface area contributed by atoms with Crippen LogP contribution in [0.5, 0.6) is 0 Å². The van der Waals surface area contributed by atoms with Crippen molar-refractivity contribution >= 4 is 17.0 Å². The first kappa shape index (κ1) is 11.8. The Morgan fingerprint density at radius 2 is 1.86 bits per heavy atom. The van der Waals surface area contributed by atoms with E-state index in [-0.39, 0.29) is 11.6 Å². The minimum atomic E-state index is -0.431. The van der Waals surface area contributed by atoms with Crippen LogP contribution in [0.2, 0.25) is 0 Å². The molecule has 0 bridgehead atoms. The van der Waals surface area contributed by atoms with Crippen LogP contribution >= 0.6 is 11.6 Å². The molecule has 82 valence electrons. The van der Waals surface area contributed by atoms with Gasteiger partial charge in [-0.1, -0.05) is 0 Å². The van der Waals surface area contributed by atoms with Crippen molar-refractivity contribution in [1.29, 1.82) is 0 Å². The van der Waals surface area contributed by atoms with Gasteiger partial charge in [0.15, 0.2) is 0 Å². The highest BCUT2D eigenvalue weighted by atomic mass is 35.5. The third-order valence-electron chi connectivity index (χ3n) is 2.76. The van der Waals surface area contributed by atoms with Crippen LogP contribution in [-0.2, 0) is 0 Å². The monoisotopic (exact) mass is 218 g/mol. The molecule has 1 rings (SSSR count). The lowest BCUT2D eigenvalue weighted by Crippen LogP contribution is -2.50. The predicted molar refractivity (Wildman–Crippen MR) is 58.7 cm³/mol. The summed E-state index contributed by atoms with van der Waals surface area (Å²) in [5.74, 6) is 0. The number of hydrogen-bond acceptors (Lipinski definition) is 2. The van der Waals surface area contributed by atoms with E-state index in [2.05, 4.69) is 31.0 Å². The van der Waals surface area contributed by atoms with Crippen molar-refractivity contribution in [2.24, 2.45) is 0 Å². The Labute approximate surface area is 90.8 Å². The van der Waals surface area contributed by atoms with Crippen molar-refractivity contribution in [2.75, 3.05) is 13.1 Å². The summed E-state index contributed by atoms with van der Waals surface area (Å²) in [7, 11) is 0. The molecule has 3 nitrogen and oxygen atoms in total. The summed E-state index contributed by atoms with van der Waals surface area (Å²) in [6.45, 7) is 8.71. The number of rotatable bonds is 1. The summed E-state index contributed by atoms with van der Waals surface area (Å²) >= 11 is 5.27. The molecule has 1 aliphatic rings. The summed E-state index contributed by atoms with van der Waals surface area (Å²) in [6.07, 6.45) is 1.99. The first-order valence-corrected chi connectivity index (χ1v) is 5.48. The third-order valence-corrected chi connectivity index (χ3v) is 2.87. The number of likely N-dealkylation sites (tertiary alicyclic amines) is 1. The smallest absolute Gasteiger partial charge is 0.314 e. The van der Waals surface area contributed by atoms with E-state index in [4.69, 9.17) is 11.6 Å². The number of piperidine rings is 1. The molecule has 1 fully saturated rings. The minimum Gasteiger partial charge on any atom is -0.340 e. The summed E-state index contributed by atoms with van der Waals surface area (Å²) in [5.41, 5.74) is 0.232. The van der Waals surface area contributed by atoms with Gasteiger partial charge in [0.1, 0.15) is 0 Å². The molecule has 0 aliphatic carbocycles. The number of nitrogens with one attached hydrogen (secondary N) is 1. The van der Waals surface area contributed by atoms with E-state index in [1.807, 2.05) is 0 Å². The quantitative estimate of drug-likeness (QED) is 0.541. The van der Waals surface area contributed by atoms with Gasteiger partial charge >= 0.3 is 5.37 Å². The lowest BCUT2D eigenvalue weighted by Gasteiger charge is -2.40. The molecule has 0 aromatic heterocycles. The molecule has 1 heterocycles. The van der Waals surface area contributed by atoms with Crippen LogP contribution in [0.25, 0.3) is 0 Å². The number of halogens is 1. The van der Waals surface area contributed by atoms with Crippen LogP contribution < -0.4 is 5.32 Å². The molecule has 0 unspecified atom stereocenters. The van der Waals surface area contributed by atoms with Gasteiger partial charge in [0, 0.05) is 24.7 Å². The maximum Gasteiger partial charge on any atom is 0.314 e. The van der Waals surface area contributed by atoms with Crippen molar-refractivity contribution in [3.63, 3.8) is 0 Å².